The van der Waals surface area contributed by atoms with Gasteiger partial charge in [-0.3, -0.25) is 0 Å². The highest BCUT2D eigenvalue weighted by Gasteiger charge is 2.20. The molecule has 0 saturated carbocycles. The number of carbonyl (C=O) groups is 2. The molecule has 0 unspecified atom stereocenters. The van der Waals surface area contributed by atoms with E-state index < -0.39 is 25.2 Å². The number of aliphatic carboxylic acids is 2. The van der Waals surface area contributed by atoms with Crippen molar-refractivity contribution in [3.05, 3.63) is 88.5 Å². The van der Waals surface area contributed by atoms with Crippen molar-refractivity contribution in [3.8, 4) is 5.75 Å². The Hall–Kier alpha value is -4.06. The van der Waals surface area contributed by atoms with Crippen LogP contribution in [0.2, 0.25) is 0 Å². The molecule has 0 aliphatic rings. The second-order valence-electron chi connectivity index (χ2n) is 6.71. The second kappa shape index (κ2) is 9.63. The minimum absolute atomic E-state index is 0.329. The number of rotatable bonds is 8. The van der Waals surface area contributed by atoms with Crippen molar-refractivity contribution in [1.82, 2.24) is 0 Å². The van der Waals surface area contributed by atoms with Crippen LogP contribution in [0.1, 0.15) is 12.5 Å². The monoisotopic (exact) mass is 418 g/mol. The van der Waals surface area contributed by atoms with Gasteiger partial charge in [-0.05, 0) is 40.3 Å². The standard InChI is InChI=1S/C25H22O6/c1-3-20(30-14-22(26)27)24(18-10-6-4-8-16(18)2)25-19-11-7-5-9-17(19)12-13-21(25)31-15-23(28)29/h3-13H,2,14-15H2,1H3,(H,26,27)(H,28,29)/b20-3+,24-18+. The van der Waals surface area contributed by atoms with E-state index in [1.807, 2.05) is 54.6 Å². The van der Waals surface area contributed by atoms with Gasteiger partial charge in [-0.1, -0.05) is 61.2 Å². The molecule has 2 N–H and O–H groups in total. The summed E-state index contributed by atoms with van der Waals surface area (Å²) >= 11 is 0. The topological polar surface area (TPSA) is 93.1 Å². The number of hydrogen-bond donors (Lipinski definition) is 2. The fourth-order valence-electron chi connectivity index (χ4n) is 3.36. The number of ether oxygens (including phenoxy) is 2. The highest BCUT2D eigenvalue weighted by Crippen LogP contribution is 2.36. The van der Waals surface area contributed by atoms with E-state index in [0.29, 0.717) is 27.9 Å². The van der Waals surface area contributed by atoms with Gasteiger partial charge in [-0.2, -0.15) is 0 Å². The molecule has 0 aromatic heterocycles. The Labute approximate surface area is 179 Å². The highest BCUT2D eigenvalue weighted by molar-refractivity contribution is 5.99. The highest BCUT2D eigenvalue weighted by atomic mass is 16.5. The molecular weight excluding hydrogens is 396 g/mol. The molecule has 3 aromatic rings. The Kier molecular flexibility index (Phi) is 6.72. The smallest absolute Gasteiger partial charge is 0.341 e. The van der Waals surface area contributed by atoms with Gasteiger partial charge in [0.25, 0.3) is 0 Å². The maximum atomic E-state index is 11.2. The van der Waals surface area contributed by atoms with Crippen molar-refractivity contribution in [2.75, 3.05) is 13.2 Å². The first kappa shape index (κ1) is 21.6. The molecule has 3 aromatic carbocycles. The number of benzene rings is 3. The van der Waals surface area contributed by atoms with Gasteiger partial charge in [0.05, 0.1) is 0 Å². The van der Waals surface area contributed by atoms with E-state index in [2.05, 4.69) is 6.58 Å². The molecule has 0 radical (unpaired) electrons. The van der Waals surface area contributed by atoms with E-state index in [0.717, 1.165) is 16.0 Å². The van der Waals surface area contributed by atoms with Crippen molar-refractivity contribution in [1.29, 1.82) is 0 Å². The third-order valence-electron chi connectivity index (χ3n) is 4.64. The van der Waals surface area contributed by atoms with Gasteiger partial charge in [0.15, 0.2) is 13.2 Å². The van der Waals surface area contributed by atoms with Gasteiger partial charge in [-0.15, -0.1) is 0 Å². The number of carboxylic acids is 2. The zero-order chi connectivity index (χ0) is 22.4. The summed E-state index contributed by atoms with van der Waals surface area (Å²) in [6.45, 7) is 4.80. The van der Waals surface area contributed by atoms with E-state index in [4.69, 9.17) is 19.7 Å². The predicted molar refractivity (Wildman–Crippen MR) is 118 cm³/mol. The van der Waals surface area contributed by atoms with Crippen LogP contribution < -0.4 is 15.2 Å². The molecular formula is C25H22O6. The zero-order valence-corrected chi connectivity index (χ0v) is 17.0. The molecule has 6 nitrogen and oxygen atoms in total. The van der Waals surface area contributed by atoms with Crippen molar-refractivity contribution in [3.63, 3.8) is 0 Å². The lowest BCUT2D eigenvalue weighted by atomic mass is 9.93. The zero-order valence-electron chi connectivity index (χ0n) is 17.0. The molecule has 6 heteroatoms. The van der Waals surface area contributed by atoms with Crippen LogP contribution in [0.25, 0.3) is 22.9 Å². The Morgan fingerprint density at radius 3 is 2.29 bits per heavy atom. The first-order chi connectivity index (χ1) is 14.9. The molecule has 0 fully saturated rings. The van der Waals surface area contributed by atoms with E-state index in [-0.39, 0.29) is 0 Å². The second-order valence-corrected chi connectivity index (χ2v) is 6.71. The molecule has 0 amide bonds. The summed E-state index contributed by atoms with van der Waals surface area (Å²) in [6, 6.07) is 18.5. The van der Waals surface area contributed by atoms with Crippen LogP contribution in [0, 0.1) is 0 Å². The van der Waals surface area contributed by atoms with Crippen molar-refractivity contribution >= 4 is 34.9 Å². The Morgan fingerprint density at radius 1 is 0.935 bits per heavy atom. The Balaban J connectivity index is 2.42. The predicted octanol–water partition coefficient (Wildman–Crippen LogP) is 2.92. The Bertz CT molecular complexity index is 1270. The Morgan fingerprint density at radius 2 is 1.61 bits per heavy atom. The first-order valence-electron chi connectivity index (χ1n) is 9.58. The average Bonchev–Trinajstić information content (AvgIpc) is 2.75. The van der Waals surface area contributed by atoms with Crippen molar-refractivity contribution < 1.29 is 29.3 Å². The molecule has 0 saturated heterocycles. The third-order valence-corrected chi connectivity index (χ3v) is 4.64. The van der Waals surface area contributed by atoms with Crippen molar-refractivity contribution in [2.24, 2.45) is 0 Å². The summed E-state index contributed by atoms with van der Waals surface area (Å²) in [5, 5.41) is 21.4. The van der Waals surface area contributed by atoms with Crippen LogP contribution >= 0.6 is 0 Å². The van der Waals surface area contributed by atoms with Gasteiger partial charge in [0, 0.05) is 11.1 Å². The lowest BCUT2D eigenvalue weighted by molar-refractivity contribution is -0.141. The molecule has 0 heterocycles. The van der Waals surface area contributed by atoms with Crippen LogP contribution in [0.3, 0.4) is 0 Å². The van der Waals surface area contributed by atoms with Crippen LogP contribution in [0.15, 0.2) is 72.5 Å². The largest absolute Gasteiger partial charge is 0.482 e. The van der Waals surface area contributed by atoms with Gasteiger partial charge >= 0.3 is 11.9 Å². The summed E-state index contributed by atoms with van der Waals surface area (Å²) in [4.78, 5) is 22.3. The summed E-state index contributed by atoms with van der Waals surface area (Å²) in [5.74, 6) is -1.54. The lowest BCUT2D eigenvalue weighted by Crippen LogP contribution is -2.27. The maximum absolute atomic E-state index is 11.2. The first-order valence-corrected chi connectivity index (χ1v) is 9.58. The van der Waals surface area contributed by atoms with Crippen LogP contribution in [0.4, 0.5) is 0 Å². The quantitative estimate of drug-likeness (QED) is 0.547. The van der Waals surface area contributed by atoms with Crippen LogP contribution in [-0.2, 0) is 14.3 Å². The maximum Gasteiger partial charge on any atom is 0.341 e. The molecule has 158 valence electrons. The van der Waals surface area contributed by atoms with E-state index in [1.165, 1.54) is 0 Å². The average molecular weight is 418 g/mol. The summed E-state index contributed by atoms with van der Waals surface area (Å²) in [5.41, 5.74) is 1.18. The third kappa shape index (κ3) is 4.93. The minimum atomic E-state index is -1.11. The van der Waals surface area contributed by atoms with Gasteiger partial charge in [-0.25, -0.2) is 9.59 Å². The number of carboxylic acid groups (broad SMARTS) is 2. The molecule has 0 atom stereocenters. The number of allylic oxidation sites excluding steroid dienone is 2. The van der Waals surface area contributed by atoms with E-state index in [1.54, 1.807) is 19.1 Å². The fraction of sp³-hybridized carbons (Fsp3) is 0.120. The van der Waals surface area contributed by atoms with Gasteiger partial charge in [0.1, 0.15) is 11.5 Å². The summed E-state index contributed by atoms with van der Waals surface area (Å²) in [7, 11) is 0. The van der Waals surface area contributed by atoms with Gasteiger partial charge in [0.2, 0.25) is 0 Å². The van der Waals surface area contributed by atoms with Gasteiger partial charge < -0.3 is 19.7 Å². The lowest BCUT2D eigenvalue weighted by Gasteiger charge is -2.19. The summed E-state index contributed by atoms with van der Waals surface area (Å²) < 4.78 is 11.3. The molecule has 0 spiro atoms. The van der Waals surface area contributed by atoms with E-state index in [9.17, 15) is 9.59 Å². The minimum Gasteiger partial charge on any atom is -0.482 e. The van der Waals surface area contributed by atoms with E-state index >= 15 is 0 Å². The molecule has 0 bridgehead atoms. The SMILES string of the molecule is C=c1cccc/c1=C(/C(=C\C)OCC(=O)O)c1c(OCC(=O)O)ccc2ccccc12. The molecule has 31 heavy (non-hydrogen) atoms. The van der Waals surface area contributed by atoms with Crippen molar-refractivity contribution in [2.45, 2.75) is 6.92 Å². The normalized spacial score (nSPS) is 12.4. The molecule has 0 aliphatic carbocycles. The summed E-state index contributed by atoms with van der Waals surface area (Å²) in [6.07, 6.45) is 1.67. The van der Waals surface area contributed by atoms with Crippen LogP contribution in [-0.4, -0.2) is 35.4 Å². The number of hydrogen-bond acceptors (Lipinski definition) is 4. The fourth-order valence-corrected chi connectivity index (χ4v) is 3.36. The molecule has 0 aliphatic heterocycles. The van der Waals surface area contributed by atoms with Crippen LogP contribution in [0.5, 0.6) is 5.75 Å². The molecule has 3 rings (SSSR count). The number of fused-ring (bicyclic) bond motifs is 1.